The molecule has 0 aromatic heterocycles. The average Bonchev–Trinajstić information content (AvgIpc) is 2.77. The van der Waals surface area contributed by atoms with Crippen molar-refractivity contribution in [3.63, 3.8) is 0 Å². The molecular weight excluding hydrogens is 476 g/mol. The van der Waals surface area contributed by atoms with Crippen molar-refractivity contribution in [2.45, 2.75) is 13.8 Å². The van der Waals surface area contributed by atoms with E-state index >= 15 is 0 Å². The second kappa shape index (κ2) is 10.6. The molecule has 3 rings (SSSR count). The molecule has 10 nitrogen and oxygen atoms in total. The van der Waals surface area contributed by atoms with E-state index in [1.165, 1.54) is 24.3 Å². The van der Waals surface area contributed by atoms with Crippen molar-refractivity contribution in [2.24, 2.45) is 0 Å². The van der Waals surface area contributed by atoms with Gasteiger partial charge in [-0.25, -0.2) is 0 Å². The van der Waals surface area contributed by atoms with Crippen LogP contribution in [-0.4, -0.2) is 20.1 Å². The minimum Gasteiger partial charge on any atom is -0.332 e. The molecule has 0 aliphatic rings. The van der Waals surface area contributed by atoms with Gasteiger partial charge in [-0.3, -0.25) is 20.2 Å². The van der Waals surface area contributed by atoms with Gasteiger partial charge in [-0.2, -0.15) is 0 Å². The van der Waals surface area contributed by atoms with E-state index < -0.39 is 9.85 Å². The van der Waals surface area contributed by atoms with Crippen molar-refractivity contribution in [2.75, 3.05) is 21.3 Å². The monoisotopic (exact) mass is 496 g/mol. The first-order chi connectivity index (χ1) is 16.1. The van der Waals surface area contributed by atoms with Gasteiger partial charge < -0.3 is 21.3 Å². The SMILES string of the molecule is Cc1cc(NC(=S)Nc2ccc([N+](=O)[O-])cc2)c(NC(=S)Nc2ccc([N+](=O)[O-])cc2)cc1C. The highest BCUT2D eigenvalue weighted by atomic mass is 32.1. The lowest BCUT2D eigenvalue weighted by Crippen LogP contribution is -2.23. The van der Waals surface area contributed by atoms with Crippen molar-refractivity contribution >= 4 is 68.8 Å². The smallest absolute Gasteiger partial charge is 0.269 e. The number of non-ortho nitro benzene ring substituents is 2. The molecule has 0 saturated carbocycles. The number of rotatable bonds is 6. The molecule has 0 amide bonds. The predicted octanol–water partition coefficient (Wildman–Crippen LogP) is 5.74. The number of nitrogens with zero attached hydrogens (tertiary/aromatic N) is 2. The Bertz CT molecular complexity index is 1170. The summed E-state index contributed by atoms with van der Waals surface area (Å²) in [6, 6.07) is 15.6. The van der Waals surface area contributed by atoms with Gasteiger partial charge in [0.05, 0.1) is 21.2 Å². The Morgan fingerprint density at radius 1 is 0.647 bits per heavy atom. The van der Waals surface area contributed by atoms with E-state index in [0.29, 0.717) is 22.7 Å². The van der Waals surface area contributed by atoms with Crippen molar-refractivity contribution in [3.8, 4) is 0 Å². The largest absolute Gasteiger partial charge is 0.332 e. The number of nitro groups is 2. The Labute approximate surface area is 205 Å². The number of anilines is 4. The van der Waals surface area contributed by atoms with Crippen LogP contribution in [-0.2, 0) is 0 Å². The van der Waals surface area contributed by atoms with Gasteiger partial charge in [-0.05, 0) is 85.8 Å². The topological polar surface area (TPSA) is 134 Å². The number of benzene rings is 3. The van der Waals surface area contributed by atoms with Crippen molar-refractivity contribution < 1.29 is 9.85 Å². The van der Waals surface area contributed by atoms with Crippen LogP contribution in [0.2, 0.25) is 0 Å². The van der Waals surface area contributed by atoms with E-state index in [-0.39, 0.29) is 21.6 Å². The standard InChI is InChI=1S/C22H20N6O4S2/c1-13-11-19(25-21(33)23-15-3-7-17(8-4-15)27(29)30)20(12-14(13)2)26-22(34)24-16-5-9-18(10-6-16)28(31)32/h3-12H,1-2H3,(H2,23,25,33)(H2,24,26,34). The molecule has 3 aromatic carbocycles. The maximum absolute atomic E-state index is 10.8. The van der Waals surface area contributed by atoms with Crippen LogP contribution in [0.15, 0.2) is 60.7 Å². The molecule has 0 aliphatic heterocycles. The number of nitrogens with one attached hydrogen (secondary N) is 4. The lowest BCUT2D eigenvalue weighted by atomic mass is 10.1. The van der Waals surface area contributed by atoms with Gasteiger partial charge >= 0.3 is 0 Å². The maximum Gasteiger partial charge on any atom is 0.269 e. The summed E-state index contributed by atoms with van der Waals surface area (Å²) < 4.78 is 0. The average molecular weight is 497 g/mol. The van der Waals surface area contributed by atoms with Crippen LogP contribution in [0.1, 0.15) is 11.1 Å². The summed E-state index contributed by atoms with van der Waals surface area (Å²) in [6.07, 6.45) is 0. The minimum atomic E-state index is -0.471. The summed E-state index contributed by atoms with van der Waals surface area (Å²) in [5, 5.41) is 34.4. The quantitative estimate of drug-likeness (QED) is 0.190. The molecule has 0 radical (unpaired) electrons. The Kier molecular flexibility index (Phi) is 7.66. The van der Waals surface area contributed by atoms with E-state index in [1.54, 1.807) is 24.3 Å². The fourth-order valence-electron chi connectivity index (χ4n) is 2.93. The second-order valence-corrected chi connectivity index (χ2v) is 8.06. The highest BCUT2D eigenvalue weighted by Crippen LogP contribution is 2.27. The summed E-state index contributed by atoms with van der Waals surface area (Å²) in [5.41, 5.74) is 4.54. The molecule has 0 unspecified atom stereocenters. The molecular formula is C22H20N6O4S2. The third-order valence-electron chi connectivity index (χ3n) is 4.80. The molecule has 0 heterocycles. The van der Waals surface area contributed by atoms with E-state index in [4.69, 9.17) is 24.4 Å². The van der Waals surface area contributed by atoms with Crippen LogP contribution in [0.3, 0.4) is 0 Å². The fourth-order valence-corrected chi connectivity index (χ4v) is 3.38. The van der Waals surface area contributed by atoms with Crippen molar-refractivity contribution in [1.29, 1.82) is 0 Å². The zero-order valence-electron chi connectivity index (χ0n) is 18.1. The van der Waals surface area contributed by atoms with Gasteiger partial charge in [0.2, 0.25) is 0 Å². The third-order valence-corrected chi connectivity index (χ3v) is 5.21. The second-order valence-electron chi connectivity index (χ2n) is 7.25. The zero-order valence-corrected chi connectivity index (χ0v) is 19.8. The fraction of sp³-hybridized carbons (Fsp3) is 0.0909. The molecule has 12 heteroatoms. The van der Waals surface area contributed by atoms with Gasteiger partial charge in [-0.15, -0.1) is 0 Å². The van der Waals surface area contributed by atoms with Gasteiger partial charge in [0.25, 0.3) is 11.4 Å². The normalized spacial score (nSPS) is 10.2. The molecule has 174 valence electrons. The van der Waals surface area contributed by atoms with E-state index in [1.807, 2.05) is 26.0 Å². The molecule has 0 atom stereocenters. The Hall–Kier alpha value is -4.16. The molecule has 3 aromatic rings. The van der Waals surface area contributed by atoms with E-state index in [0.717, 1.165) is 11.1 Å². The van der Waals surface area contributed by atoms with Gasteiger partial charge in [0.1, 0.15) is 0 Å². The van der Waals surface area contributed by atoms with Crippen LogP contribution in [0.5, 0.6) is 0 Å². The molecule has 0 fully saturated rings. The maximum atomic E-state index is 10.8. The van der Waals surface area contributed by atoms with Gasteiger partial charge in [-0.1, -0.05) is 0 Å². The molecule has 0 aliphatic carbocycles. The van der Waals surface area contributed by atoms with E-state index in [2.05, 4.69) is 21.3 Å². The summed E-state index contributed by atoms with van der Waals surface area (Å²) in [5.74, 6) is 0. The number of nitro benzene ring substituents is 2. The van der Waals surface area contributed by atoms with E-state index in [9.17, 15) is 20.2 Å². The van der Waals surface area contributed by atoms with Crippen LogP contribution >= 0.6 is 24.4 Å². The first-order valence-electron chi connectivity index (χ1n) is 9.88. The number of hydrogen-bond acceptors (Lipinski definition) is 6. The Balaban J connectivity index is 1.71. The molecule has 34 heavy (non-hydrogen) atoms. The first kappa shape index (κ1) is 24.5. The Morgan fingerprint density at radius 2 is 0.971 bits per heavy atom. The van der Waals surface area contributed by atoms with Crippen LogP contribution in [0.4, 0.5) is 34.1 Å². The summed E-state index contributed by atoms with van der Waals surface area (Å²) in [7, 11) is 0. The first-order valence-corrected chi connectivity index (χ1v) is 10.7. The van der Waals surface area contributed by atoms with Crippen molar-refractivity contribution in [3.05, 3.63) is 92.0 Å². The summed E-state index contributed by atoms with van der Waals surface area (Å²) in [4.78, 5) is 20.7. The zero-order chi connectivity index (χ0) is 24.8. The minimum absolute atomic E-state index is 0.0147. The summed E-state index contributed by atoms with van der Waals surface area (Å²) in [6.45, 7) is 3.93. The molecule has 4 N–H and O–H groups in total. The number of aryl methyl sites for hydroxylation is 2. The van der Waals surface area contributed by atoms with Crippen LogP contribution in [0, 0.1) is 34.1 Å². The lowest BCUT2D eigenvalue weighted by Gasteiger charge is -2.18. The Morgan fingerprint density at radius 3 is 1.26 bits per heavy atom. The van der Waals surface area contributed by atoms with Gasteiger partial charge in [0.15, 0.2) is 10.2 Å². The number of hydrogen-bond donors (Lipinski definition) is 4. The number of thiocarbonyl (C=S) groups is 2. The highest BCUT2D eigenvalue weighted by molar-refractivity contribution is 7.81. The highest BCUT2D eigenvalue weighted by Gasteiger charge is 2.11. The van der Waals surface area contributed by atoms with Crippen LogP contribution in [0.25, 0.3) is 0 Å². The lowest BCUT2D eigenvalue weighted by molar-refractivity contribution is -0.385. The van der Waals surface area contributed by atoms with Crippen molar-refractivity contribution in [1.82, 2.24) is 0 Å². The van der Waals surface area contributed by atoms with Crippen LogP contribution < -0.4 is 21.3 Å². The predicted molar refractivity (Wildman–Crippen MR) is 142 cm³/mol. The summed E-state index contributed by atoms with van der Waals surface area (Å²) >= 11 is 10.8. The molecule has 0 spiro atoms. The van der Waals surface area contributed by atoms with Gasteiger partial charge in [0, 0.05) is 35.6 Å². The molecule has 0 bridgehead atoms. The molecule has 0 saturated heterocycles. The third kappa shape index (κ3) is 6.43.